The molecule has 6 heteroatoms. The fraction of sp³-hybridized carbons (Fsp3) is 0.571. The van der Waals surface area contributed by atoms with Crippen LogP contribution in [0, 0.1) is 23.5 Å². The van der Waals surface area contributed by atoms with Crippen molar-refractivity contribution in [2.75, 3.05) is 62.2 Å². The molecule has 2 saturated heterocycles. The highest BCUT2D eigenvalue weighted by Gasteiger charge is 2.45. The van der Waals surface area contributed by atoms with Gasteiger partial charge in [0.15, 0.2) is 0 Å². The highest BCUT2D eigenvalue weighted by Crippen LogP contribution is 2.47. The minimum Gasteiger partial charge on any atom is -0.369 e. The van der Waals surface area contributed by atoms with Gasteiger partial charge in [-0.1, -0.05) is 0 Å². The first-order chi connectivity index (χ1) is 16.6. The SMILES string of the molecule is Fc1ccc(N2CCN([C@H]3C[C@H]4C[C@@H](N5CCN(c6ccc(F)cc6)CC5)C[C@H]4C3)CC2)cc1. The van der Waals surface area contributed by atoms with Gasteiger partial charge in [-0.05, 0) is 86.1 Å². The lowest BCUT2D eigenvalue weighted by atomic mass is 10.0. The largest absolute Gasteiger partial charge is 0.369 e. The molecule has 0 N–H and O–H groups in total. The van der Waals surface area contributed by atoms with Gasteiger partial charge in [-0.3, -0.25) is 9.80 Å². The van der Waals surface area contributed by atoms with E-state index >= 15 is 0 Å². The summed E-state index contributed by atoms with van der Waals surface area (Å²) < 4.78 is 26.5. The Bertz CT molecular complexity index is 858. The van der Waals surface area contributed by atoms with E-state index in [4.69, 9.17) is 0 Å². The van der Waals surface area contributed by atoms with Crippen molar-refractivity contribution in [2.45, 2.75) is 37.8 Å². The third kappa shape index (κ3) is 4.55. The summed E-state index contributed by atoms with van der Waals surface area (Å²) in [6.07, 6.45) is 5.47. The Labute approximate surface area is 202 Å². The molecular formula is C28H36F2N4. The van der Waals surface area contributed by atoms with Gasteiger partial charge >= 0.3 is 0 Å². The molecule has 0 unspecified atom stereocenters. The quantitative estimate of drug-likeness (QED) is 0.659. The maximum atomic E-state index is 13.2. The molecule has 0 radical (unpaired) electrons. The number of hydrogen-bond acceptors (Lipinski definition) is 4. The van der Waals surface area contributed by atoms with Crippen LogP contribution in [0.3, 0.4) is 0 Å². The van der Waals surface area contributed by atoms with Crippen LogP contribution >= 0.6 is 0 Å². The van der Waals surface area contributed by atoms with Crippen LogP contribution < -0.4 is 9.80 Å². The normalized spacial score (nSPS) is 30.6. The van der Waals surface area contributed by atoms with E-state index in [1.54, 1.807) is 24.3 Å². The van der Waals surface area contributed by atoms with Crippen LogP contribution in [0.4, 0.5) is 20.2 Å². The number of halogens is 2. The van der Waals surface area contributed by atoms with Gasteiger partial charge in [0.2, 0.25) is 0 Å². The van der Waals surface area contributed by atoms with E-state index in [0.29, 0.717) is 0 Å². The molecule has 4 aliphatic rings. The summed E-state index contributed by atoms with van der Waals surface area (Å²) >= 11 is 0. The lowest BCUT2D eigenvalue weighted by molar-refractivity contribution is 0.155. The Morgan fingerprint density at radius 1 is 0.471 bits per heavy atom. The Morgan fingerprint density at radius 3 is 1.12 bits per heavy atom. The van der Waals surface area contributed by atoms with Crippen LogP contribution in [0.15, 0.2) is 48.5 Å². The predicted octanol–water partition coefficient (Wildman–Crippen LogP) is 4.47. The molecule has 182 valence electrons. The molecule has 0 spiro atoms. The van der Waals surface area contributed by atoms with E-state index < -0.39 is 0 Å². The monoisotopic (exact) mass is 466 g/mol. The van der Waals surface area contributed by atoms with E-state index in [9.17, 15) is 8.78 Å². The number of benzene rings is 2. The maximum absolute atomic E-state index is 13.2. The van der Waals surface area contributed by atoms with Gasteiger partial charge in [0.25, 0.3) is 0 Å². The first kappa shape index (κ1) is 22.3. The number of nitrogens with zero attached hydrogens (tertiary/aromatic N) is 4. The van der Waals surface area contributed by atoms with Gasteiger partial charge in [0.1, 0.15) is 11.6 Å². The summed E-state index contributed by atoms with van der Waals surface area (Å²) in [7, 11) is 0. The summed E-state index contributed by atoms with van der Waals surface area (Å²) in [4.78, 5) is 10.3. The van der Waals surface area contributed by atoms with Gasteiger partial charge in [0.05, 0.1) is 0 Å². The smallest absolute Gasteiger partial charge is 0.123 e. The zero-order valence-electron chi connectivity index (χ0n) is 20.0. The number of rotatable bonds is 4. The van der Waals surface area contributed by atoms with Crippen LogP contribution in [-0.4, -0.2) is 74.2 Å². The van der Waals surface area contributed by atoms with E-state index in [2.05, 4.69) is 19.6 Å². The van der Waals surface area contributed by atoms with Gasteiger partial charge in [-0.2, -0.15) is 0 Å². The molecule has 0 bridgehead atoms. The van der Waals surface area contributed by atoms with E-state index in [1.165, 1.54) is 25.7 Å². The second kappa shape index (κ2) is 9.46. The van der Waals surface area contributed by atoms with Crippen molar-refractivity contribution in [1.82, 2.24) is 9.80 Å². The van der Waals surface area contributed by atoms with Crippen molar-refractivity contribution in [3.8, 4) is 0 Å². The van der Waals surface area contributed by atoms with Gasteiger partial charge in [-0.15, -0.1) is 0 Å². The summed E-state index contributed by atoms with van der Waals surface area (Å²) in [5.74, 6) is 1.46. The van der Waals surface area contributed by atoms with Gasteiger partial charge < -0.3 is 9.80 Å². The van der Waals surface area contributed by atoms with E-state index in [0.717, 1.165) is 87.7 Å². The third-order valence-corrected chi connectivity index (χ3v) is 9.01. The van der Waals surface area contributed by atoms with Crippen LogP contribution in [0.2, 0.25) is 0 Å². The average Bonchev–Trinajstić information content (AvgIpc) is 3.45. The van der Waals surface area contributed by atoms with Crippen LogP contribution in [0.5, 0.6) is 0 Å². The first-order valence-corrected chi connectivity index (χ1v) is 13.1. The lowest BCUT2D eigenvalue weighted by Crippen LogP contribution is -2.51. The summed E-state index contributed by atoms with van der Waals surface area (Å²) in [6, 6.07) is 15.4. The number of fused-ring (bicyclic) bond motifs is 1. The van der Waals surface area contributed by atoms with Crippen molar-refractivity contribution in [3.05, 3.63) is 60.2 Å². The van der Waals surface area contributed by atoms with Gasteiger partial charge in [0, 0.05) is 75.8 Å². The van der Waals surface area contributed by atoms with E-state index in [-0.39, 0.29) is 11.6 Å². The molecule has 6 rings (SSSR count). The molecule has 0 atom stereocenters. The second-order valence-corrected chi connectivity index (χ2v) is 10.8. The summed E-state index contributed by atoms with van der Waals surface area (Å²) in [6.45, 7) is 8.65. The second-order valence-electron chi connectivity index (χ2n) is 10.8. The van der Waals surface area contributed by atoms with Crippen LogP contribution in [-0.2, 0) is 0 Å². The summed E-state index contributed by atoms with van der Waals surface area (Å²) in [5, 5.41) is 0. The zero-order valence-corrected chi connectivity index (χ0v) is 20.0. The van der Waals surface area contributed by atoms with Crippen molar-refractivity contribution >= 4 is 11.4 Å². The lowest BCUT2D eigenvalue weighted by Gasteiger charge is -2.41. The molecule has 4 fully saturated rings. The minimum atomic E-state index is -0.159. The van der Waals surface area contributed by atoms with Crippen molar-refractivity contribution in [3.63, 3.8) is 0 Å². The van der Waals surface area contributed by atoms with Crippen LogP contribution in [0.25, 0.3) is 0 Å². The maximum Gasteiger partial charge on any atom is 0.123 e. The molecule has 4 nitrogen and oxygen atoms in total. The summed E-state index contributed by atoms with van der Waals surface area (Å²) in [5.41, 5.74) is 2.29. The molecule has 2 aromatic rings. The molecule has 34 heavy (non-hydrogen) atoms. The number of piperazine rings is 2. The minimum absolute atomic E-state index is 0.159. The fourth-order valence-electron chi connectivity index (χ4n) is 7.14. The average molecular weight is 467 g/mol. The standard InChI is InChI=1S/C28H36F2N4/c29-23-1-5-25(6-2-23)31-9-13-33(14-10-31)27-17-21-19-28(20-22(21)18-27)34-15-11-32(12-16-34)26-7-3-24(30)4-8-26/h1-8,21-22,27-28H,9-20H2/t21-,22+,27-,28+. The topological polar surface area (TPSA) is 13.0 Å². The van der Waals surface area contributed by atoms with Crippen molar-refractivity contribution in [2.24, 2.45) is 11.8 Å². The van der Waals surface area contributed by atoms with Crippen LogP contribution in [0.1, 0.15) is 25.7 Å². The zero-order chi connectivity index (χ0) is 23.1. The molecule has 2 aliphatic heterocycles. The Kier molecular flexibility index (Phi) is 6.20. The molecule has 2 heterocycles. The highest BCUT2D eigenvalue weighted by atomic mass is 19.1. The Hall–Kier alpha value is -2.18. The third-order valence-electron chi connectivity index (χ3n) is 9.01. The molecular weight excluding hydrogens is 430 g/mol. The molecule has 2 aliphatic carbocycles. The molecule has 2 saturated carbocycles. The first-order valence-electron chi connectivity index (χ1n) is 13.1. The number of anilines is 2. The van der Waals surface area contributed by atoms with E-state index in [1.807, 2.05) is 24.3 Å². The van der Waals surface area contributed by atoms with Crippen molar-refractivity contribution < 1.29 is 8.78 Å². The highest BCUT2D eigenvalue weighted by molar-refractivity contribution is 5.47. The Morgan fingerprint density at radius 2 is 0.794 bits per heavy atom. The van der Waals surface area contributed by atoms with Gasteiger partial charge in [-0.25, -0.2) is 8.78 Å². The Balaban J connectivity index is 0.962. The molecule has 0 amide bonds. The molecule has 0 aromatic heterocycles. The molecule has 2 aromatic carbocycles. The van der Waals surface area contributed by atoms with Crippen molar-refractivity contribution in [1.29, 1.82) is 0 Å². The number of hydrogen-bond donors (Lipinski definition) is 0. The predicted molar refractivity (Wildman–Crippen MR) is 133 cm³/mol. The fourth-order valence-corrected chi connectivity index (χ4v) is 7.14.